The number of rotatable bonds is 5. The lowest BCUT2D eigenvalue weighted by Crippen LogP contribution is -2.44. The largest absolute Gasteiger partial charge is 0.367 e. The molecule has 7 rings (SSSR count). The van der Waals surface area contributed by atoms with Crippen LogP contribution in [0.25, 0.3) is 45.0 Å². The molecule has 0 radical (unpaired) electrons. The van der Waals surface area contributed by atoms with Crippen LogP contribution < -0.4 is 10.2 Å². The average Bonchev–Trinajstić information content (AvgIpc) is 3.52. The summed E-state index contributed by atoms with van der Waals surface area (Å²) in [5.74, 6) is 0.784. The summed E-state index contributed by atoms with van der Waals surface area (Å²) in [5, 5.41) is 10.6. The molecule has 2 fully saturated rings. The van der Waals surface area contributed by atoms with E-state index in [-0.39, 0.29) is 11.8 Å². The quantitative estimate of drug-likeness (QED) is 0.329. The third-order valence-corrected chi connectivity index (χ3v) is 7.62. The van der Waals surface area contributed by atoms with Crippen molar-refractivity contribution in [1.82, 2.24) is 40.0 Å². The number of nitrogens with zero attached hydrogens (tertiary/aromatic N) is 7. The van der Waals surface area contributed by atoms with Crippen LogP contribution >= 0.6 is 0 Å². The number of hydrogen-bond acceptors (Lipinski definition) is 8. The number of nitrogens with one attached hydrogen (secondary N) is 3. The van der Waals surface area contributed by atoms with Gasteiger partial charge < -0.3 is 20.1 Å². The molecule has 1 aliphatic carbocycles. The van der Waals surface area contributed by atoms with Gasteiger partial charge in [0.05, 0.1) is 28.8 Å². The van der Waals surface area contributed by atoms with Crippen LogP contribution in [0, 0.1) is 5.92 Å². The monoisotopic (exact) mass is 508 g/mol. The molecule has 38 heavy (non-hydrogen) atoms. The lowest BCUT2D eigenvalue weighted by atomic mass is 9.85. The van der Waals surface area contributed by atoms with E-state index < -0.39 is 0 Å². The zero-order valence-electron chi connectivity index (χ0n) is 21.1. The summed E-state index contributed by atoms with van der Waals surface area (Å²) in [5.41, 5.74) is 7.02. The van der Waals surface area contributed by atoms with Gasteiger partial charge in [-0.1, -0.05) is 6.42 Å². The minimum Gasteiger partial charge on any atom is -0.367 e. The van der Waals surface area contributed by atoms with Crippen LogP contribution in [0.3, 0.4) is 0 Å². The van der Waals surface area contributed by atoms with E-state index in [9.17, 15) is 4.79 Å². The number of imidazole rings is 1. The van der Waals surface area contributed by atoms with Crippen LogP contribution in [-0.2, 0) is 4.79 Å². The molecule has 5 aromatic heterocycles. The van der Waals surface area contributed by atoms with Gasteiger partial charge in [-0.3, -0.25) is 14.9 Å². The van der Waals surface area contributed by atoms with E-state index in [1.54, 1.807) is 12.4 Å². The van der Waals surface area contributed by atoms with Crippen molar-refractivity contribution in [2.75, 3.05) is 43.4 Å². The minimum absolute atomic E-state index is 0.0603. The number of carbonyl (C=O) groups excluding carboxylic acids is 1. The van der Waals surface area contributed by atoms with Gasteiger partial charge in [0.2, 0.25) is 5.91 Å². The molecule has 1 aliphatic heterocycles. The van der Waals surface area contributed by atoms with E-state index in [0.717, 1.165) is 73.4 Å². The Kier molecular flexibility index (Phi) is 5.50. The molecule has 1 saturated heterocycles. The number of anilines is 2. The first-order valence-corrected chi connectivity index (χ1v) is 13.0. The lowest BCUT2D eigenvalue weighted by molar-refractivity contribution is -0.122. The van der Waals surface area contributed by atoms with Gasteiger partial charge in [-0.2, -0.15) is 5.10 Å². The lowest BCUT2D eigenvalue weighted by Gasteiger charge is -2.34. The number of likely N-dealkylation sites (N-methyl/N-ethyl adjacent to an activating group) is 1. The molecule has 6 heterocycles. The molecule has 0 aromatic carbocycles. The van der Waals surface area contributed by atoms with E-state index in [1.807, 2.05) is 30.5 Å². The molecule has 192 valence electrons. The zero-order valence-corrected chi connectivity index (χ0v) is 21.1. The second-order valence-electron chi connectivity index (χ2n) is 10.1. The Morgan fingerprint density at radius 2 is 1.95 bits per heavy atom. The summed E-state index contributed by atoms with van der Waals surface area (Å²) < 4.78 is 0. The zero-order chi connectivity index (χ0) is 25.6. The molecular weight excluding hydrogens is 480 g/mol. The highest BCUT2D eigenvalue weighted by atomic mass is 16.1. The van der Waals surface area contributed by atoms with E-state index in [2.05, 4.69) is 47.3 Å². The van der Waals surface area contributed by atoms with Gasteiger partial charge in [-0.25, -0.2) is 15.0 Å². The van der Waals surface area contributed by atoms with Crippen molar-refractivity contribution in [3.63, 3.8) is 0 Å². The van der Waals surface area contributed by atoms with Crippen LogP contribution in [0.2, 0.25) is 0 Å². The average molecular weight is 509 g/mol. The van der Waals surface area contributed by atoms with Crippen molar-refractivity contribution in [1.29, 1.82) is 0 Å². The van der Waals surface area contributed by atoms with Gasteiger partial charge in [0.25, 0.3) is 0 Å². The predicted molar refractivity (Wildman–Crippen MR) is 146 cm³/mol. The number of pyridine rings is 3. The molecule has 0 unspecified atom stereocenters. The smallest absolute Gasteiger partial charge is 0.227 e. The molecule has 0 bridgehead atoms. The van der Waals surface area contributed by atoms with E-state index in [1.165, 1.54) is 0 Å². The van der Waals surface area contributed by atoms with Crippen molar-refractivity contribution in [2.24, 2.45) is 5.92 Å². The normalized spacial score (nSPS) is 16.7. The standard InChI is InChI=1S/C27H28N10O/c1-36-9-11-37(12-10-36)21-7-8-29-25-23(21)32-26(33-25)24-22-20(34-35-24)6-5-19(31-22)17-13-18(15-28-14-17)30-27(38)16-3-2-4-16/h5-8,13-16H,2-4,9-12H2,1H3,(H,30,38)(H,34,35)(H,29,32,33). The number of hydrogen-bond donors (Lipinski definition) is 3. The highest BCUT2D eigenvalue weighted by Gasteiger charge is 2.25. The first kappa shape index (κ1) is 22.8. The number of piperazine rings is 1. The summed E-state index contributed by atoms with van der Waals surface area (Å²) in [7, 11) is 2.15. The molecule has 1 saturated carbocycles. The molecule has 1 amide bonds. The van der Waals surface area contributed by atoms with Crippen LogP contribution in [0.5, 0.6) is 0 Å². The molecule has 3 N–H and O–H groups in total. The van der Waals surface area contributed by atoms with Crippen molar-refractivity contribution < 1.29 is 4.79 Å². The topological polar surface area (TPSA) is 132 Å². The first-order chi connectivity index (χ1) is 18.6. The van der Waals surface area contributed by atoms with Gasteiger partial charge in [-0.15, -0.1) is 0 Å². The summed E-state index contributed by atoms with van der Waals surface area (Å²) in [6, 6.07) is 7.82. The number of amides is 1. The van der Waals surface area contributed by atoms with E-state index >= 15 is 0 Å². The van der Waals surface area contributed by atoms with Crippen LogP contribution in [-0.4, -0.2) is 79.2 Å². The van der Waals surface area contributed by atoms with Gasteiger partial charge >= 0.3 is 0 Å². The van der Waals surface area contributed by atoms with Crippen molar-refractivity contribution in [3.05, 3.63) is 42.9 Å². The summed E-state index contributed by atoms with van der Waals surface area (Å²) in [6.07, 6.45) is 8.25. The van der Waals surface area contributed by atoms with Gasteiger partial charge in [-0.05, 0) is 44.2 Å². The molecule has 2 aliphatic rings. The first-order valence-electron chi connectivity index (χ1n) is 13.0. The van der Waals surface area contributed by atoms with Crippen LogP contribution in [0.4, 0.5) is 11.4 Å². The predicted octanol–water partition coefficient (Wildman–Crippen LogP) is 3.45. The van der Waals surface area contributed by atoms with Crippen molar-refractivity contribution in [3.8, 4) is 22.8 Å². The Hall–Kier alpha value is -4.38. The maximum Gasteiger partial charge on any atom is 0.227 e. The molecule has 0 spiro atoms. The molecule has 11 heteroatoms. The number of carbonyl (C=O) groups is 1. The Balaban J connectivity index is 1.22. The SMILES string of the molecule is CN1CCN(c2ccnc3nc(-c4n[nH]c5ccc(-c6cncc(NC(=O)C7CCC7)c6)nc45)[nH]c23)CC1. The highest BCUT2D eigenvalue weighted by Crippen LogP contribution is 2.31. The molecule has 0 atom stereocenters. The molecular formula is C27H28N10O. The van der Waals surface area contributed by atoms with E-state index in [4.69, 9.17) is 9.97 Å². The highest BCUT2D eigenvalue weighted by molar-refractivity contribution is 5.95. The molecule has 5 aromatic rings. The Morgan fingerprint density at radius 1 is 1.08 bits per heavy atom. The summed E-state index contributed by atoms with van der Waals surface area (Å²) in [4.78, 5) is 39.1. The maximum absolute atomic E-state index is 12.4. The second kappa shape index (κ2) is 9.18. The second-order valence-corrected chi connectivity index (χ2v) is 10.1. The summed E-state index contributed by atoms with van der Waals surface area (Å²) in [6.45, 7) is 3.94. The van der Waals surface area contributed by atoms with Gasteiger partial charge in [0.15, 0.2) is 17.2 Å². The van der Waals surface area contributed by atoms with Crippen molar-refractivity contribution >= 4 is 39.5 Å². The van der Waals surface area contributed by atoms with Crippen LogP contribution in [0.15, 0.2) is 42.9 Å². The van der Waals surface area contributed by atoms with E-state index in [0.29, 0.717) is 28.4 Å². The number of aromatic amines is 2. The maximum atomic E-state index is 12.4. The number of H-pyrrole nitrogens is 2. The number of aromatic nitrogens is 7. The van der Waals surface area contributed by atoms with Crippen LogP contribution in [0.1, 0.15) is 19.3 Å². The molecule has 11 nitrogen and oxygen atoms in total. The fraction of sp³-hybridized carbons (Fsp3) is 0.333. The van der Waals surface area contributed by atoms with Crippen molar-refractivity contribution in [2.45, 2.75) is 19.3 Å². The Labute approximate surface area is 218 Å². The third-order valence-electron chi connectivity index (χ3n) is 7.62. The Bertz CT molecular complexity index is 1640. The summed E-state index contributed by atoms with van der Waals surface area (Å²) >= 11 is 0. The minimum atomic E-state index is 0.0603. The number of fused-ring (bicyclic) bond motifs is 2. The van der Waals surface area contributed by atoms with Gasteiger partial charge in [0, 0.05) is 50.1 Å². The fourth-order valence-electron chi connectivity index (χ4n) is 5.11. The van der Waals surface area contributed by atoms with Gasteiger partial charge in [0.1, 0.15) is 11.0 Å². The third kappa shape index (κ3) is 4.04. The Morgan fingerprint density at radius 3 is 2.76 bits per heavy atom. The fourth-order valence-corrected chi connectivity index (χ4v) is 5.11.